The van der Waals surface area contributed by atoms with Gasteiger partial charge in [-0.2, -0.15) is 0 Å². The SMILES string of the molecule is CC(NCC(O)CN1CCOCC1)c1ccccc1F. The first-order valence-corrected chi connectivity index (χ1v) is 7.13. The molecule has 4 nitrogen and oxygen atoms in total. The molecule has 2 unspecified atom stereocenters. The molecule has 0 amide bonds. The first kappa shape index (κ1) is 15.4. The summed E-state index contributed by atoms with van der Waals surface area (Å²) < 4.78 is 18.9. The molecule has 1 fully saturated rings. The van der Waals surface area contributed by atoms with Gasteiger partial charge in [-0.05, 0) is 13.0 Å². The largest absolute Gasteiger partial charge is 0.390 e. The third-order valence-corrected chi connectivity index (χ3v) is 3.60. The molecule has 1 saturated heterocycles. The molecule has 0 aliphatic carbocycles. The van der Waals surface area contributed by atoms with Crippen LogP contribution in [0.3, 0.4) is 0 Å². The Balaban J connectivity index is 1.75. The van der Waals surface area contributed by atoms with Gasteiger partial charge in [0.25, 0.3) is 0 Å². The Morgan fingerprint density at radius 2 is 2.05 bits per heavy atom. The van der Waals surface area contributed by atoms with E-state index in [0.29, 0.717) is 18.7 Å². The maximum atomic E-state index is 13.6. The standard InChI is InChI=1S/C15H23FN2O2/c1-12(14-4-2-3-5-15(14)16)17-10-13(19)11-18-6-8-20-9-7-18/h2-5,12-13,17,19H,6-11H2,1H3. The number of hydrogen-bond donors (Lipinski definition) is 2. The van der Waals surface area contributed by atoms with E-state index in [4.69, 9.17) is 4.74 Å². The smallest absolute Gasteiger partial charge is 0.127 e. The average Bonchev–Trinajstić information content (AvgIpc) is 2.46. The fraction of sp³-hybridized carbons (Fsp3) is 0.600. The molecule has 5 heteroatoms. The highest BCUT2D eigenvalue weighted by Gasteiger charge is 2.16. The number of aliphatic hydroxyl groups excluding tert-OH is 1. The van der Waals surface area contributed by atoms with Crippen LogP contribution in [0.5, 0.6) is 0 Å². The lowest BCUT2D eigenvalue weighted by Gasteiger charge is -2.29. The minimum Gasteiger partial charge on any atom is -0.390 e. The summed E-state index contributed by atoms with van der Waals surface area (Å²) >= 11 is 0. The third kappa shape index (κ3) is 4.52. The maximum Gasteiger partial charge on any atom is 0.127 e. The third-order valence-electron chi connectivity index (χ3n) is 3.60. The van der Waals surface area contributed by atoms with Gasteiger partial charge in [-0.25, -0.2) is 4.39 Å². The highest BCUT2D eigenvalue weighted by molar-refractivity contribution is 5.20. The van der Waals surface area contributed by atoms with E-state index in [2.05, 4.69) is 10.2 Å². The normalized spacial score (nSPS) is 19.8. The summed E-state index contributed by atoms with van der Waals surface area (Å²) in [5.41, 5.74) is 0.631. The van der Waals surface area contributed by atoms with Gasteiger partial charge in [-0.15, -0.1) is 0 Å². The molecule has 1 aliphatic heterocycles. The van der Waals surface area contributed by atoms with Gasteiger partial charge in [0.05, 0.1) is 19.3 Å². The number of morpholine rings is 1. The summed E-state index contributed by atoms with van der Waals surface area (Å²) in [6.07, 6.45) is -0.456. The number of aliphatic hydroxyl groups is 1. The van der Waals surface area contributed by atoms with E-state index in [1.54, 1.807) is 12.1 Å². The van der Waals surface area contributed by atoms with E-state index in [1.807, 2.05) is 13.0 Å². The van der Waals surface area contributed by atoms with Gasteiger partial charge >= 0.3 is 0 Å². The molecule has 0 bridgehead atoms. The summed E-state index contributed by atoms with van der Waals surface area (Å²) in [5, 5.41) is 13.2. The number of hydrogen-bond acceptors (Lipinski definition) is 4. The van der Waals surface area contributed by atoms with Crippen LogP contribution in [0.2, 0.25) is 0 Å². The summed E-state index contributed by atoms with van der Waals surface area (Å²) in [4.78, 5) is 2.18. The number of rotatable bonds is 6. The molecule has 1 aromatic rings. The van der Waals surface area contributed by atoms with Crippen LogP contribution in [0.1, 0.15) is 18.5 Å². The number of nitrogens with one attached hydrogen (secondary N) is 1. The van der Waals surface area contributed by atoms with Gasteiger partial charge in [0.1, 0.15) is 5.82 Å². The molecular weight excluding hydrogens is 259 g/mol. The molecule has 20 heavy (non-hydrogen) atoms. The van der Waals surface area contributed by atoms with Crippen molar-refractivity contribution in [2.75, 3.05) is 39.4 Å². The van der Waals surface area contributed by atoms with Gasteiger partial charge in [0, 0.05) is 37.8 Å². The molecule has 112 valence electrons. The predicted molar refractivity (Wildman–Crippen MR) is 76.1 cm³/mol. The van der Waals surface area contributed by atoms with Crippen LogP contribution in [-0.2, 0) is 4.74 Å². The van der Waals surface area contributed by atoms with E-state index in [9.17, 15) is 9.50 Å². The van der Waals surface area contributed by atoms with Crippen molar-refractivity contribution in [3.05, 3.63) is 35.6 Å². The second kappa shape index (κ2) is 7.69. The quantitative estimate of drug-likeness (QED) is 0.822. The van der Waals surface area contributed by atoms with Gasteiger partial charge in [0.2, 0.25) is 0 Å². The summed E-state index contributed by atoms with van der Waals surface area (Å²) in [6.45, 7) is 6.16. The van der Waals surface area contributed by atoms with Crippen LogP contribution in [0.15, 0.2) is 24.3 Å². The van der Waals surface area contributed by atoms with Crippen LogP contribution in [0, 0.1) is 5.82 Å². The zero-order valence-electron chi connectivity index (χ0n) is 11.9. The van der Waals surface area contributed by atoms with Crippen molar-refractivity contribution in [1.82, 2.24) is 10.2 Å². The molecule has 0 aromatic heterocycles. The van der Waals surface area contributed by atoms with Crippen LogP contribution < -0.4 is 5.32 Å². The molecule has 1 aliphatic rings. The van der Waals surface area contributed by atoms with Crippen LogP contribution in [-0.4, -0.2) is 55.5 Å². The Morgan fingerprint density at radius 3 is 2.75 bits per heavy atom. The van der Waals surface area contributed by atoms with E-state index >= 15 is 0 Å². The summed E-state index contributed by atoms with van der Waals surface area (Å²) in [5.74, 6) is -0.213. The maximum absolute atomic E-state index is 13.6. The molecule has 0 saturated carbocycles. The lowest BCUT2D eigenvalue weighted by atomic mass is 10.1. The molecule has 2 atom stereocenters. The topological polar surface area (TPSA) is 44.7 Å². The highest BCUT2D eigenvalue weighted by atomic mass is 19.1. The van der Waals surface area contributed by atoms with Gasteiger partial charge in [-0.1, -0.05) is 18.2 Å². The Kier molecular flexibility index (Phi) is 5.91. The van der Waals surface area contributed by atoms with E-state index in [-0.39, 0.29) is 11.9 Å². The number of ether oxygens (including phenoxy) is 1. The fourth-order valence-electron chi connectivity index (χ4n) is 2.40. The van der Waals surface area contributed by atoms with Crippen molar-refractivity contribution in [1.29, 1.82) is 0 Å². The van der Waals surface area contributed by atoms with Crippen LogP contribution >= 0.6 is 0 Å². The van der Waals surface area contributed by atoms with E-state index < -0.39 is 6.10 Å². The lowest BCUT2D eigenvalue weighted by Crippen LogP contribution is -2.44. The van der Waals surface area contributed by atoms with Gasteiger partial charge < -0.3 is 15.2 Å². The second-order valence-electron chi connectivity index (χ2n) is 5.22. The van der Waals surface area contributed by atoms with Crippen molar-refractivity contribution in [2.24, 2.45) is 0 Å². The zero-order valence-corrected chi connectivity index (χ0v) is 11.9. The zero-order chi connectivity index (χ0) is 14.4. The van der Waals surface area contributed by atoms with Crippen molar-refractivity contribution in [3.8, 4) is 0 Å². The monoisotopic (exact) mass is 282 g/mol. The second-order valence-corrected chi connectivity index (χ2v) is 5.22. The molecule has 1 aromatic carbocycles. The van der Waals surface area contributed by atoms with Gasteiger partial charge in [0.15, 0.2) is 0 Å². The van der Waals surface area contributed by atoms with E-state index in [1.165, 1.54) is 6.07 Å². The van der Waals surface area contributed by atoms with Crippen LogP contribution in [0.25, 0.3) is 0 Å². The van der Waals surface area contributed by atoms with E-state index in [0.717, 1.165) is 26.3 Å². The number of nitrogens with zero attached hydrogens (tertiary/aromatic N) is 1. The molecule has 2 rings (SSSR count). The Morgan fingerprint density at radius 1 is 1.35 bits per heavy atom. The minimum absolute atomic E-state index is 0.115. The molecule has 0 spiro atoms. The van der Waals surface area contributed by atoms with Crippen molar-refractivity contribution >= 4 is 0 Å². The summed E-state index contributed by atoms with van der Waals surface area (Å²) in [7, 11) is 0. The number of β-amino-alcohol motifs (C(OH)–C–C–N with tert-alkyl or cyclic N) is 1. The predicted octanol–water partition coefficient (Wildman–Crippen LogP) is 1.17. The van der Waals surface area contributed by atoms with Crippen molar-refractivity contribution < 1.29 is 14.2 Å². The van der Waals surface area contributed by atoms with Crippen molar-refractivity contribution in [3.63, 3.8) is 0 Å². The Labute approximate surface area is 119 Å². The van der Waals surface area contributed by atoms with Crippen LogP contribution in [0.4, 0.5) is 4.39 Å². The fourth-order valence-corrected chi connectivity index (χ4v) is 2.40. The van der Waals surface area contributed by atoms with Crippen molar-refractivity contribution in [2.45, 2.75) is 19.1 Å². The Bertz CT molecular complexity index is 411. The van der Waals surface area contributed by atoms with Gasteiger partial charge in [-0.3, -0.25) is 4.90 Å². The average molecular weight is 282 g/mol. The molecule has 1 heterocycles. The molecular formula is C15H23FN2O2. The first-order chi connectivity index (χ1) is 9.66. The summed E-state index contributed by atoms with van der Waals surface area (Å²) in [6, 6.07) is 6.61. The Hall–Kier alpha value is -1.01. The molecule has 0 radical (unpaired) electrons. The highest BCUT2D eigenvalue weighted by Crippen LogP contribution is 2.15. The number of halogens is 1. The minimum atomic E-state index is -0.456. The number of benzene rings is 1. The lowest BCUT2D eigenvalue weighted by molar-refractivity contribution is 0.0145. The first-order valence-electron chi connectivity index (χ1n) is 7.13. The molecule has 2 N–H and O–H groups in total.